The summed E-state index contributed by atoms with van der Waals surface area (Å²) >= 11 is 0. The number of nitrogens with two attached hydrogens (primary N) is 1. The maximum atomic E-state index is 5.81. The van der Waals surface area contributed by atoms with Gasteiger partial charge in [-0.15, -0.1) is 0 Å². The lowest BCUT2D eigenvalue weighted by Gasteiger charge is -2.49. The first-order chi connectivity index (χ1) is 6.85. The highest BCUT2D eigenvalue weighted by molar-refractivity contribution is 4.92. The highest BCUT2D eigenvalue weighted by Gasteiger charge is 2.36. The van der Waals surface area contributed by atoms with E-state index in [1.807, 2.05) is 0 Å². The molecule has 82 valence electrons. The summed E-state index contributed by atoms with van der Waals surface area (Å²) in [7, 11) is 0. The molecule has 2 aliphatic rings. The molecule has 0 spiro atoms. The Labute approximate surface area is 87.8 Å². The highest BCUT2D eigenvalue weighted by Crippen LogP contribution is 2.36. The van der Waals surface area contributed by atoms with Crippen molar-refractivity contribution in [2.24, 2.45) is 11.7 Å². The van der Waals surface area contributed by atoms with Crippen LogP contribution in [0.5, 0.6) is 0 Å². The van der Waals surface area contributed by atoms with Gasteiger partial charge in [-0.05, 0) is 51.1 Å². The Balaban J connectivity index is 1.99. The van der Waals surface area contributed by atoms with Crippen LogP contribution in [0.3, 0.4) is 0 Å². The standard InChI is InChI=1S/C12H24N2/c1-2-6-14-11-4-3-5-12(14)8-10(7-11)9-13/h10-12H,2-9,13H2,1H3/t11-,12-/m1/s1. The van der Waals surface area contributed by atoms with Gasteiger partial charge >= 0.3 is 0 Å². The van der Waals surface area contributed by atoms with E-state index >= 15 is 0 Å². The lowest BCUT2D eigenvalue weighted by Crippen LogP contribution is -2.53. The highest BCUT2D eigenvalue weighted by atomic mass is 15.2. The van der Waals surface area contributed by atoms with E-state index in [1.54, 1.807) is 0 Å². The molecule has 0 aromatic rings. The fourth-order valence-electron chi connectivity index (χ4n) is 3.41. The van der Waals surface area contributed by atoms with Crippen LogP contribution in [0.25, 0.3) is 0 Å². The molecule has 0 amide bonds. The van der Waals surface area contributed by atoms with Crippen LogP contribution in [0, 0.1) is 5.92 Å². The summed E-state index contributed by atoms with van der Waals surface area (Å²) in [6, 6.07) is 1.74. The smallest absolute Gasteiger partial charge is 0.0101 e. The molecule has 0 saturated carbocycles. The zero-order chi connectivity index (χ0) is 9.97. The van der Waals surface area contributed by atoms with Crippen LogP contribution in [0.4, 0.5) is 0 Å². The van der Waals surface area contributed by atoms with E-state index in [0.29, 0.717) is 0 Å². The third-order valence-electron chi connectivity index (χ3n) is 4.04. The van der Waals surface area contributed by atoms with Crippen LogP contribution >= 0.6 is 0 Å². The van der Waals surface area contributed by atoms with Gasteiger partial charge in [0.1, 0.15) is 0 Å². The molecule has 0 unspecified atom stereocenters. The van der Waals surface area contributed by atoms with E-state index in [4.69, 9.17) is 5.73 Å². The first kappa shape index (κ1) is 10.4. The summed E-state index contributed by atoms with van der Waals surface area (Å²) in [4.78, 5) is 2.77. The van der Waals surface area contributed by atoms with Crippen molar-refractivity contribution in [2.45, 2.75) is 57.5 Å². The van der Waals surface area contributed by atoms with Gasteiger partial charge < -0.3 is 5.73 Å². The van der Waals surface area contributed by atoms with Crippen molar-refractivity contribution in [3.05, 3.63) is 0 Å². The quantitative estimate of drug-likeness (QED) is 0.748. The molecule has 0 aliphatic carbocycles. The van der Waals surface area contributed by atoms with Gasteiger partial charge in [0.15, 0.2) is 0 Å². The van der Waals surface area contributed by atoms with Gasteiger partial charge in [0.25, 0.3) is 0 Å². The first-order valence-electron chi connectivity index (χ1n) is 6.31. The minimum Gasteiger partial charge on any atom is -0.330 e. The Morgan fingerprint density at radius 3 is 2.36 bits per heavy atom. The van der Waals surface area contributed by atoms with E-state index < -0.39 is 0 Å². The average molecular weight is 196 g/mol. The summed E-state index contributed by atoms with van der Waals surface area (Å²) in [5.41, 5.74) is 5.81. The van der Waals surface area contributed by atoms with Crippen molar-refractivity contribution in [3.63, 3.8) is 0 Å². The number of hydrogen-bond donors (Lipinski definition) is 1. The van der Waals surface area contributed by atoms with E-state index in [9.17, 15) is 0 Å². The van der Waals surface area contributed by atoms with Crippen molar-refractivity contribution < 1.29 is 0 Å². The van der Waals surface area contributed by atoms with Crippen LogP contribution < -0.4 is 5.73 Å². The molecule has 14 heavy (non-hydrogen) atoms. The van der Waals surface area contributed by atoms with E-state index in [-0.39, 0.29) is 0 Å². The van der Waals surface area contributed by atoms with Crippen molar-refractivity contribution in [1.82, 2.24) is 4.90 Å². The predicted octanol–water partition coefficient (Wildman–Crippen LogP) is 1.99. The molecule has 2 heterocycles. The fourth-order valence-corrected chi connectivity index (χ4v) is 3.41. The SMILES string of the molecule is CCCN1[C@@H]2CCC[C@@H]1CC(CN)C2. The van der Waals surface area contributed by atoms with Gasteiger partial charge in [-0.25, -0.2) is 0 Å². The molecule has 2 atom stereocenters. The number of nitrogens with zero attached hydrogens (tertiary/aromatic N) is 1. The monoisotopic (exact) mass is 196 g/mol. The summed E-state index contributed by atoms with van der Waals surface area (Å²) in [6.45, 7) is 4.52. The molecule has 0 aromatic carbocycles. The summed E-state index contributed by atoms with van der Waals surface area (Å²) < 4.78 is 0. The molecule has 2 heteroatoms. The second-order valence-electron chi connectivity index (χ2n) is 5.05. The average Bonchev–Trinajstić information content (AvgIpc) is 2.17. The number of rotatable bonds is 3. The van der Waals surface area contributed by atoms with E-state index in [0.717, 1.165) is 24.5 Å². The molecule has 2 saturated heterocycles. The van der Waals surface area contributed by atoms with Crippen molar-refractivity contribution in [3.8, 4) is 0 Å². The van der Waals surface area contributed by atoms with Crippen LogP contribution in [0.2, 0.25) is 0 Å². The van der Waals surface area contributed by atoms with E-state index in [1.165, 1.54) is 45.1 Å². The van der Waals surface area contributed by atoms with Gasteiger partial charge in [-0.1, -0.05) is 13.3 Å². The van der Waals surface area contributed by atoms with Gasteiger partial charge in [0.05, 0.1) is 0 Å². The zero-order valence-corrected chi connectivity index (χ0v) is 9.41. The minimum absolute atomic E-state index is 0.818. The third-order valence-corrected chi connectivity index (χ3v) is 4.04. The molecule has 2 bridgehead atoms. The van der Waals surface area contributed by atoms with Crippen LogP contribution in [-0.4, -0.2) is 30.1 Å². The summed E-state index contributed by atoms with van der Waals surface area (Å²) in [6.07, 6.45) is 8.34. The van der Waals surface area contributed by atoms with E-state index in [2.05, 4.69) is 11.8 Å². The lowest BCUT2D eigenvalue weighted by molar-refractivity contribution is 0.0159. The lowest BCUT2D eigenvalue weighted by atomic mass is 9.78. The van der Waals surface area contributed by atoms with Crippen LogP contribution in [-0.2, 0) is 0 Å². The molecule has 0 radical (unpaired) electrons. The third kappa shape index (κ3) is 1.96. The van der Waals surface area contributed by atoms with Gasteiger partial charge in [0, 0.05) is 12.1 Å². The van der Waals surface area contributed by atoms with Crippen molar-refractivity contribution >= 4 is 0 Å². The maximum absolute atomic E-state index is 5.81. The van der Waals surface area contributed by atoms with Crippen LogP contribution in [0.15, 0.2) is 0 Å². The number of piperidine rings is 2. The first-order valence-corrected chi connectivity index (χ1v) is 6.31. The van der Waals surface area contributed by atoms with Crippen LogP contribution in [0.1, 0.15) is 45.4 Å². The molecule has 0 aromatic heterocycles. The minimum atomic E-state index is 0.818. The Bertz CT molecular complexity index is 167. The molecule has 2 nitrogen and oxygen atoms in total. The maximum Gasteiger partial charge on any atom is 0.0101 e. The number of hydrogen-bond acceptors (Lipinski definition) is 2. The second-order valence-corrected chi connectivity index (χ2v) is 5.05. The second kappa shape index (κ2) is 4.63. The number of fused-ring (bicyclic) bond motifs is 2. The molecular formula is C12H24N2. The largest absolute Gasteiger partial charge is 0.330 e. The molecule has 2 fully saturated rings. The topological polar surface area (TPSA) is 29.3 Å². The summed E-state index contributed by atoms with van der Waals surface area (Å²) in [5, 5.41) is 0. The molecule has 2 rings (SSSR count). The molecule has 2 aliphatic heterocycles. The van der Waals surface area contributed by atoms with Crippen molar-refractivity contribution in [2.75, 3.05) is 13.1 Å². The van der Waals surface area contributed by atoms with Crippen molar-refractivity contribution in [1.29, 1.82) is 0 Å². The summed E-state index contributed by atoms with van der Waals surface area (Å²) in [5.74, 6) is 0.818. The Kier molecular flexibility index (Phi) is 3.45. The predicted molar refractivity (Wildman–Crippen MR) is 60.2 cm³/mol. The molecular weight excluding hydrogens is 172 g/mol. The zero-order valence-electron chi connectivity index (χ0n) is 9.41. The Morgan fingerprint density at radius 1 is 1.21 bits per heavy atom. The van der Waals surface area contributed by atoms with Gasteiger partial charge in [0.2, 0.25) is 0 Å². The molecule has 2 N–H and O–H groups in total. The Morgan fingerprint density at radius 2 is 1.86 bits per heavy atom. The Hall–Kier alpha value is -0.0800. The fraction of sp³-hybridized carbons (Fsp3) is 1.00. The normalized spacial score (nSPS) is 38.6. The van der Waals surface area contributed by atoms with Gasteiger partial charge in [-0.3, -0.25) is 4.90 Å². The van der Waals surface area contributed by atoms with Gasteiger partial charge in [-0.2, -0.15) is 0 Å².